The Morgan fingerprint density at radius 1 is 0.958 bits per heavy atom. The molecule has 0 aliphatic rings. The summed E-state index contributed by atoms with van der Waals surface area (Å²) in [6.07, 6.45) is 2.20. The monoisotopic (exact) mass is 326 g/mol. The number of aryl methyl sites for hydroxylation is 3. The summed E-state index contributed by atoms with van der Waals surface area (Å²) in [4.78, 5) is 4.64. The number of benzene rings is 1. The fourth-order valence-corrected chi connectivity index (χ4v) is 2.85. The molecule has 0 saturated carbocycles. The van der Waals surface area contributed by atoms with Gasteiger partial charge in [0.2, 0.25) is 5.88 Å². The van der Waals surface area contributed by atoms with Crippen LogP contribution in [-0.4, -0.2) is 11.0 Å². The minimum atomic E-state index is 0.473. The topological polar surface area (TPSA) is 34.2 Å². The minimum absolute atomic E-state index is 0.473. The Kier molecular flexibility index (Phi) is 5.87. The number of nitrogens with zero attached hydrogens (tertiary/aromatic N) is 1. The third-order valence-electron chi connectivity index (χ3n) is 4.77. The van der Waals surface area contributed by atoms with Crippen molar-refractivity contribution in [2.75, 3.05) is 5.32 Å². The van der Waals surface area contributed by atoms with Crippen LogP contribution in [0.1, 0.15) is 54.6 Å². The van der Waals surface area contributed by atoms with E-state index in [4.69, 9.17) is 4.74 Å². The summed E-state index contributed by atoms with van der Waals surface area (Å²) in [5, 5.41) is 3.63. The first-order chi connectivity index (χ1) is 11.4. The Hall–Kier alpha value is -2.03. The molecule has 0 spiro atoms. The van der Waals surface area contributed by atoms with Gasteiger partial charge in [0.25, 0.3) is 0 Å². The van der Waals surface area contributed by atoms with E-state index >= 15 is 0 Å². The van der Waals surface area contributed by atoms with Crippen LogP contribution in [0.5, 0.6) is 11.6 Å². The zero-order chi connectivity index (χ0) is 17.9. The van der Waals surface area contributed by atoms with Gasteiger partial charge in [-0.05, 0) is 70.2 Å². The summed E-state index contributed by atoms with van der Waals surface area (Å²) in [7, 11) is 0. The largest absolute Gasteiger partial charge is 0.438 e. The molecule has 0 aliphatic carbocycles. The lowest BCUT2D eigenvalue weighted by Gasteiger charge is -2.21. The van der Waals surface area contributed by atoms with Gasteiger partial charge in [0.05, 0.1) is 0 Å². The van der Waals surface area contributed by atoms with Crippen LogP contribution in [0.3, 0.4) is 0 Å². The molecule has 0 aliphatic heterocycles. The maximum atomic E-state index is 6.27. The van der Waals surface area contributed by atoms with Crippen molar-refractivity contribution in [3.8, 4) is 11.6 Å². The molecule has 130 valence electrons. The van der Waals surface area contributed by atoms with Crippen molar-refractivity contribution in [2.24, 2.45) is 0 Å². The fraction of sp³-hybridized carbons (Fsp3) is 0.476. The molecule has 0 fully saturated rings. The molecule has 1 heterocycles. The molecule has 1 N–H and O–H groups in total. The molecule has 24 heavy (non-hydrogen) atoms. The highest BCUT2D eigenvalue weighted by molar-refractivity contribution is 5.57. The van der Waals surface area contributed by atoms with Crippen molar-refractivity contribution in [3.63, 3.8) is 0 Å². The number of ether oxygens (including phenoxy) is 1. The second-order valence-electron chi connectivity index (χ2n) is 6.65. The highest BCUT2D eigenvalue weighted by atomic mass is 16.5. The van der Waals surface area contributed by atoms with E-state index in [9.17, 15) is 0 Å². The third-order valence-corrected chi connectivity index (χ3v) is 4.77. The molecular formula is C21H30N2O. The lowest BCUT2D eigenvalue weighted by Crippen LogP contribution is -2.18. The smallest absolute Gasteiger partial charge is 0.224 e. The molecule has 0 atom stereocenters. The minimum Gasteiger partial charge on any atom is -0.438 e. The fourth-order valence-electron chi connectivity index (χ4n) is 2.85. The van der Waals surface area contributed by atoms with Crippen LogP contribution in [0, 0.1) is 34.6 Å². The van der Waals surface area contributed by atoms with Crippen molar-refractivity contribution in [1.29, 1.82) is 0 Å². The molecule has 2 rings (SSSR count). The zero-order valence-electron chi connectivity index (χ0n) is 16.1. The van der Waals surface area contributed by atoms with Crippen LogP contribution in [0.15, 0.2) is 18.2 Å². The third kappa shape index (κ3) is 3.89. The predicted molar refractivity (Wildman–Crippen MR) is 102 cm³/mol. The Morgan fingerprint density at radius 3 is 2.21 bits per heavy atom. The number of hydrogen-bond acceptors (Lipinski definition) is 3. The molecule has 0 saturated heterocycles. The standard InChI is InChI=1S/C21H30N2O/c1-8-18(9-2)23-19-12-15(5)22-21(17(19)7)24-20-14(4)11-10-13(3)16(20)6/h10-12,18H,8-9H2,1-7H3,(H,22,23). The maximum absolute atomic E-state index is 6.27. The van der Waals surface area contributed by atoms with Gasteiger partial charge < -0.3 is 10.1 Å². The normalized spacial score (nSPS) is 11.0. The van der Waals surface area contributed by atoms with Crippen molar-refractivity contribution < 1.29 is 4.74 Å². The first-order valence-corrected chi connectivity index (χ1v) is 8.86. The molecule has 3 nitrogen and oxygen atoms in total. The Morgan fingerprint density at radius 2 is 1.58 bits per heavy atom. The number of hydrogen-bond donors (Lipinski definition) is 1. The van der Waals surface area contributed by atoms with Crippen LogP contribution < -0.4 is 10.1 Å². The van der Waals surface area contributed by atoms with Gasteiger partial charge in [0, 0.05) is 23.0 Å². The van der Waals surface area contributed by atoms with Crippen LogP contribution >= 0.6 is 0 Å². The molecule has 1 aromatic heterocycles. The number of rotatable bonds is 6. The first-order valence-electron chi connectivity index (χ1n) is 8.86. The van der Waals surface area contributed by atoms with E-state index in [1.165, 1.54) is 11.1 Å². The van der Waals surface area contributed by atoms with Crippen molar-refractivity contribution in [2.45, 2.75) is 67.3 Å². The average Bonchev–Trinajstić information content (AvgIpc) is 2.56. The van der Waals surface area contributed by atoms with Crippen LogP contribution in [0.25, 0.3) is 0 Å². The van der Waals surface area contributed by atoms with Crippen LogP contribution in [0.4, 0.5) is 5.69 Å². The Balaban J connectivity index is 2.42. The summed E-state index contributed by atoms with van der Waals surface area (Å²) in [6.45, 7) is 14.8. The molecule has 0 unspecified atom stereocenters. The molecule has 0 amide bonds. The van der Waals surface area contributed by atoms with E-state index in [1.54, 1.807) is 0 Å². The van der Waals surface area contributed by atoms with Gasteiger partial charge in [-0.2, -0.15) is 0 Å². The Labute approximate surface area is 146 Å². The summed E-state index contributed by atoms with van der Waals surface area (Å²) in [5.41, 5.74) is 6.69. The second kappa shape index (κ2) is 7.69. The van der Waals surface area contributed by atoms with E-state index in [1.807, 2.05) is 6.92 Å². The van der Waals surface area contributed by atoms with Gasteiger partial charge in [-0.15, -0.1) is 0 Å². The number of pyridine rings is 1. The average molecular weight is 326 g/mol. The lowest BCUT2D eigenvalue weighted by molar-refractivity contribution is 0.450. The van der Waals surface area contributed by atoms with Gasteiger partial charge in [-0.25, -0.2) is 4.98 Å². The first kappa shape index (κ1) is 18.3. The SMILES string of the molecule is CCC(CC)Nc1cc(C)nc(Oc2c(C)ccc(C)c2C)c1C. The van der Waals surface area contributed by atoms with Crippen molar-refractivity contribution in [3.05, 3.63) is 46.1 Å². The molecule has 2 aromatic rings. The molecular weight excluding hydrogens is 296 g/mol. The van der Waals surface area contributed by atoms with E-state index in [0.29, 0.717) is 11.9 Å². The Bertz CT molecular complexity index is 718. The second-order valence-corrected chi connectivity index (χ2v) is 6.65. The molecule has 1 aromatic carbocycles. The van der Waals surface area contributed by atoms with Crippen LogP contribution in [-0.2, 0) is 0 Å². The number of aromatic nitrogens is 1. The van der Waals surface area contributed by atoms with E-state index in [0.717, 1.165) is 41.1 Å². The summed E-state index contributed by atoms with van der Waals surface area (Å²) in [6, 6.07) is 6.82. The van der Waals surface area contributed by atoms with Crippen molar-refractivity contribution in [1.82, 2.24) is 4.98 Å². The summed E-state index contributed by atoms with van der Waals surface area (Å²) < 4.78 is 6.27. The number of nitrogens with one attached hydrogen (secondary N) is 1. The summed E-state index contributed by atoms with van der Waals surface area (Å²) in [5.74, 6) is 1.62. The summed E-state index contributed by atoms with van der Waals surface area (Å²) >= 11 is 0. The van der Waals surface area contributed by atoms with Gasteiger partial charge in [0.1, 0.15) is 5.75 Å². The van der Waals surface area contributed by atoms with Crippen LogP contribution in [0.2, 0.25) is 0 Å². The zero-order valence-corrected chi connectivity index (χ0v) is 16.1. The van der Waals surface area contributed by atoms with Gasteiger partial charge in [0.15, 0.2) is 0 Å². The van der Waals surface area contributed by atoms with Gasteiger partial charge in [-0.1, -0.05) is 26.0 Å². The highest BCUT2D eigenvalue weighted by Crippen LogP contribution is 2.34. The lowest BCUT2D eigenvalue weighted by atomic mass is 10.1. The van der Waals surface area contributed by atoms with Gasteiger partial charge in [-0.3, -0.25) is 0 Å². The quantitative estimate of drug-likeness (QED) is 0.705. The number of anilines is 1. The predicted octanol–water partition coefficient (Wildman–Crippen LogP) is 6.02. The molecule has 0 bridgehead atoms. The maximum Gasteiger partial charge on any atom is 0.224 e. The highest BCUT2D eigenvalue weighted by Gasteiger charge is 2.15. The van der Waals surface area contributed by atoms with Gasteiger partial charge >= 0.3 is 0 Å². The molecule has 3 heteroatoms. The van der Waals surface area contributed by atoms with E-state index < -0.39 is 0 Å². The molecule has 0 radical (unpaired) electrons. The van der Waals surface area contributed by atoms with Crippen molar-refractivity contribution >= 4 is 5.69 Å². The van der Waals surface area contributed by atoms with E-state index in [2.05, 4.69) is 70.0 Å². The van der Waals surface area contributed by atoms with E-state index in [-0.39, 0.29) is 0 Å².